The molecule has 0 bridgehead atoms. The standard InChI is InChI=1S/C24H31N5O3S/c1-18(2)9-12-28-13-14-29-17-19(3-6-23(28)29)24(30)27-15-20-4-5-22(16-26-20)33(31,32)21-7-10-25-11-8-21/h3-6,13-14,16-18,21,25H,7-12,15H2,1-2H3/p+1. The van der Waals surface area contributed by atoms with E-state index >= 15 is 0 Å². The predicted molar refractivity (Wildman–Crippen MR) is 126 cm³/mol. The molecule has 1 aliphatic heterocycles. The van der Waals surface area contributed by atoms with Crippen LogP contribution < -0.4 is 15.2 Å². The number of piperidine rings is 1. The molecule has 0 radical (unpaired) electrons. The van der Waals surface area contributed by atoms with Gasteiger partial charge in [-0.2, -0.15) is 0 Å². The van der Waals surface area contributed by atoms with Crippen LogP contribution in [0.1, 0.15) is 49.2 Å². The molecule has 9 heteroatoms. The molecule has 0 aliphatic carbocycles. The molecule has 8 nitrogen and oxygen atoms in total. The molecule has 1 fully saturated rings. The third-order valence-electron chi connectivity index (χ3n) is 6.15. The Morgan fingerprint density at radius 1 is 1.24 bits per heavy atom. The van der Waals surface area contributed by atoms with Gasteiger partial charge in [-0.15, -0.1) is 0 Å². The molecule has 0 spiro atoms. The first-order valence-corrected chi connectivity index (χ1v) is 13.1. The highest BCUT2D eigenvalue weighted by atomic mass is 32.2. The van der Waals surface area contributed by atoms with E-state index in [-0.39, 0.29) is 22.6 Å². The molecular formula is C24H32N5O3S+. The highest BCUT2D eigenvalue weighted by Crippen LogP contribution is 2.21. The van der Waals surface area contributed by atoms with Gasteiger partial charge in [0, 0.05) is 12.3 Å². The fraction of sp³-hybridized carbons (Fsp3) is 0.458. The Bertz CT molecular complexity index is 1210. The van der Waals surface area contributed by atoms with Crippen LogP contribution in [-0.4, -0.2) is 42.0 Å². The van der Waals surface area contributed by atoms with E-state index in [2.05, 4.69) is 34.0 Å². The molecule has 3 aromatic rings. The van der Waals surface area contributed by atoms with E-state index in [4.69, 9.17) is 0 Å². The number of imidazole rings is 1. The van der Waals surface area contributed by atoms with Crippen LogP contribution >= 0.6 is 0 Å². The number of sulfone groups is 1. The average Bonchev–Trinajstić information content (AvgIpc) is 3.24. The molecule has 176 valence electrons. The van der Waals surface area contributed by atoms with Crippen molar-refractivity contribution in [3.8, 4) is 0 Å². The van der Waals surface area contributed by atoms with Crippen LogP contribution in [0.4, 0.5) is 0 Å². The van der Waals surface area contributed by atoms with Gasteiger partial charge in [-0.3, -0.25) is 9.78 Å². The smallest absolute Gasteiger partial charge is 0.286 e. The second-order valence-electron chi connectivity index (χ2n) is 9.02. The number of pyridine rings is 2. The summed E-state index contributed by atoms with van der Waals surface area (Å²) in [5, 5.41) is 5.69. The molecule has 1 saturated heterocycles. The van der Waals surface area contributed by atoms with Gasteiger partial charge in [-0.1, -0.05) is 13.8 Å². The zero-order valence-corrected chi connectivity index (χ0v) is 20.0. The minimum atomic E-state index is -3.38. The third-order valence-corrected chi connectivity index (χ3v) is 8.39. The average molecular weight is 471 g/mol. The summed E-state index contributed by atoms with van der Waals surface area (Å²) in [5.41, 5.74) is 2.21. The number of hydrogen-bond donors (Lipinski definition) is 2. The van der Waals surface area contributed by atoms with Gasteiger partial charge in [0.1, 0.15) is 18.6 Å². The number of carbonyl (C=O) groups is 1. The van der Waals surface area contributed by atoms with E-state index < -0.39 is 9.84 Å². The lowest BCUT2D eigenvalue weighted by molar-refractivity contribution is -0.672. The summed E-state index contributed by atoms with van der Waals surface area (Å²) >= 11 is 0. The second-order valence-corrected chi connectivity index (χ2v) is 11.2. The van der Waals surface area contributed by atoms with Crippen LogP contribution in [0.5, 0.6) is 0 Å². The van der Waals surface area contributed by atoms with Gasteiger partial charge in [-0.05, 0) is 56.5 Å². The molecule has 2 N–H and O–H groups in total. The third kappa shape index (κ3) is 5.42. The molecule has 4 rings (SSSR count). The second kappa shape index (κ2) is 10.0. The Kier molecular flexibility index (Phi) is 7.09. The molecule has 3 aromatic heterocycles. The number of hydrogen-bond acceptors (Lipinski definition) is 5. The van der Waals surface area contributed by atoms with E-state index in [9.17, 15) is 13.2 Å². The number of rotatable bonds is 8. The van der Waals surface area contributed by atoms with E-state index in [0.717, 1.165) is 18.6 Å². The van der Waals surface area contributed by atoms with Crippen LogP contribution in [-0.2, 0) is 22.9 Å². The molecule has 1 aliphatic rings. The Morgan fingerprint density at radius 2 is 2.03 bits per heavy atom. The maximum absolute atomic E-state index is 12.8. The van der Waals surface area contributed by atoms with Gasteiger partial charge in [0.25, 0.3) is 11.6 Å². The van der Waals surface area contributed by atoms with E-state index in [0.29, 0.717) is 43.1 Å². The Labute approximate surface area is 195 Å². The maximum atomic E-state index is 12.8. The van der Waals surface area contributed by atoms with Crippen molar-refractivity contribution in [2.75, 3.05) is 13.1 Å². The van der Waals surface area contributed by atoms with E-state index in [1.165, 1.54) is 6.20 Å². The predicted octanol–water partition coefficient (Wildman–Crippen LogP) is 2.12. The van der Waals surface area contributed by atoms with Gasteiger partial charge in [0.15, 0.2) is 9.84 Å². The van der Waals surface area contributed by atoms with Crippen LogP contribution in [0, 0.1) is 5.92 Å². The van der Waals surface area contributed by atoms with E-state index in [1.54, 1.807) is 12.1 Å². The van der Waals surface area contributed by atoms with Crippen molar-refractivity contribution in [3.63, 3.8) is 0 Å². The maximum Gasteiger partial charge on any atom is 0.286 e. The number of nitrogens with one attached hydrogen (secondary N) is 2. The van der Waals surface area contributed by atoms with Gasteiger partial charge in [0.2, 0.25) is 0 Å². The lowest BCUT2D eigenvalue weighted by Gasteiger charge is -2.22. The van der Waals surface area contributed by atoms with Gasteiger partial charge >= 0.3 is 0 Å². The van der Waals surface area contributed by atoms with Crippen LogP contribution in [0.2, 0.25) is 0 Å². The van der Waals surface area contributed by atoms with E-state index in [1.807, 2.05) is 35.1 Å². The molecule has 0 aromatic carbocycles. The summed E-state index contributed by atoms with van der Waals surface area (Å²) in [6, 6.07) is 7.03. The largest absolute Gasteiger partial charge is 0.346 e. The summed E-state index contributed by atoms with van der Waals surface area (Å²) in [4.78, 5) is 17.2. The normalized spacial score (nSPS) is 15.2. The summed E-state index contributed by atoms with van der Waals surface area (Å²) in [7, 11) is -3.38. The van der Waals surface area contributed by atoms with Crippen LogP contribution in [0.3, 0.4) is 0 Å². The first-order valence-electron chi connectivity index (χ1n) is 11.5. The minimum Gasteiger partial charge on any atom is -0.346 e. The van der Waals surface area contributed by atoms with Crippen LogP contribution in [0.25, 0.3) is 5.65 Å². The van der Waals surface area contributed by atoms with Crippen molar-refractivity contribution in [1.82, 2.24) is 20.0 Å². The molecule has 1 amide bonds. The summed E-state index contributed by atoms with van der Waals surface area (Å²) in [5.74, 6) is 0.428. The molecule has 0 unspecified atom stereocenters. The molecule has 0 atom stereocenters. The first-order chi connectivity index (χ1) is 15.8. The lowest BCUT2D eigenvalue weighted by Crippen LogP contribution is -2.35. The minimum absolute atomic E-state index is 0.201. The summed E-state index contributed by atoms with van der Waals surface area (Å²) in [6.45, 7) is 7.01. The highest BCUT2D eigenvalue weighted by Gasteiger charge is 2.29. The Hall–Kier alpha value is -2.78. The zero-order chi connectivity index (χ0) is 23.4. The van der Waals surface area contributed by atoms with Gasteiger partial charge in [0.05, 0.1) is 34.5 Å². The SMILES string of the molecule is CC(C)CC[n+]1ccn2cc(C(=O)NCc3ccc(S(=O)(=O)C4CCNCC4)cn3)ccc21. The fourth-order valence-corrected chi connectivity index (χ4v) is 5.78. The topological polar surface area (TPSA) is 96.5 Å². The van der Waals surface area contributed by atoms with Crippen molar-refractivity contribution in [2.24, 2.45) is 5.92 Å². The number of aryl methyl sites for hydroxylation is 1. The van der Waals surface area contributed by atoms with Crippen LogP contribution in [0.15, 0.2) is 53.9 Å². The zero-order valence-electron chi connectivity index (χ0n) is 19.2. The van der Waals surface area contributed by atoms with Crippen molar-refractivity contribution >= 4 is 21.4 Å². The summed E-state index contributed by atoms with van der Waals surface area (Å²) < 4.78 is 29.7. The Morgan fingerprint density at radius 3 is 2.73 bits per heavy atom. The molecule has 33 heavy (non-hydrogen) atoms. The first kappa shape index (κ1) is 23.4. The number of amides is 1. The quantitative estimate of drug-likeness (QED) is 0.492. The Balaban J connectivity index is 1.38. The van der Waals surface area contributed by atoms with Gasteiger partial charge in [-0.25, -0.2) is 17.4 Å². The van der Waals surface area contributed by atoms with Crippen molar-refractivity contribution in [1.29, 1.82) is 0 Å². The number of fused-ring (bicyclic) bond motifs is 1. The number of nitrogens with zero attached hydrogens (tertiary/aromatic N) is 3. The van der Waals surface area contributed by atoms with Crippen molar-refractivity contribution in [3.05, 3.63) is 60.3 Å². The number of aromatic nitrogens is 3. The molecule has 4 heterocycles. The summed E-state index contributed by atoms with van der Waals surface area (Å²) in [6.07, 6.45) is 9.53. The monoisotopic (exact) mass is 470 g/mol. The number of carbonyl (C=O) groups excluding carboxylic acids is 1. The van der Waals surface area contributed by atoms with Crippen molar-refractivity contribution < 1.29 is 17.8 Å². The molecular weight excluding hydrogens is 438 g/mol. The molecule has 0 saturated carbocycles. The fourth-order valence-electron chi connectivity index (χ4n) is 4.08. The lowest BCUT2D eigenvalue weighted by atomic mass is 10.1. The van der Waals surface area contributed by atoms with Crippen molar-refractivity contribution in [2.45, 2.75) is 56.3 Å². The van der Waals surface area contributed by atoms with Gasteiger partial charge < -0.3 is 10.6 Å². The highest BCUT2D eigenvalue weighted by molar-refractivity contribution is 7.92.